The third-order valence-corrected chi connectivity index (χ3v) is 3.03. The summed E-state index contributed by atoms with van der Waals surface area (Å²) in [5.74, 6) is 0.580. The van der Waals surface area contributed by atoms with E-state index in [2.05, 4.69) is 6.92 Å². The van der Waals surface area contributed by atoms with Gasteiger partial charge in [-0.05, 0) is 32.3 Å². The van der Waals surface area contributed by atoms with Crippen molar-refractivity contribution in [3.8, 4) is 0 Å². The van der Waals surface area contributed by atoms with Crippen LogP contribution in [-0.2, 0) is 0 Å². The van der Waals surface area contributed by atoms with Crippen LogP contribution >= 0.6 is 0 Å². The topological polar surface area (TPSA) is 3.24 Å². The Balaban J connectivity index is 0.00000196. The second-order valence-corrected chi connectivity index (χ2v) is 4.58. The van der Waals surface area contributed by atoms with Crippen molar-refractivity contribution in [3.63, 3.8) is 0 Å². The van der Waals surface area contributed by atoms with Crippen molar-refractivity contribution in [1.29, 1.82) is 0 Å². The average Bonchev–Trinajstić information content (AvgIpc) is 2.01. The fourth-order valence-electron chi connectivity index (χ4n) is 2.28. The fourth-order valence-corrected chi connectivity index (χ4v) is 2.28. The smallest absolute Gasteiger partial charge is 0.448 e. The summed E-state index contributed by atoms with van der Waals surface area (Å²) in [5.41, 5.74) is 0. The minimum atomic E-state index is -4.66. The van der Waals surface area contributed by atoms with Crippen molar-refractivity contribution in [3.05, 3.63) is 0 Å². The van der Waals surface area contributed by atoms with Gasteiger partial charge in [0.2, 0.25) is 0 Å². The summed E-state index contributed by atoms with van der Waals surface area (Å²) in [5, 5.41) is 0. The van der Waals surface area contributed by atoms with Gasteiger partial charge >= 0.3 is 58.4 Å². The van der Waals surface area contributed by atoms with Crippen LogP contribution < -0.4 is 51.4 Å². The van der Waals surface area contributed by atoms with Gasteiger partial charge in [0.15, 0.2) is 0 Å². The number of hydrogen-bond donors (Lipinski definition) is 0. The Bertz CT molecular complexity index is 189. The molecule has 1 rings (SSSR count). The van der Waals surface area contributed by atoms with Crippen molar-refractivity contribution in [2.45, 2.75) is 38.6 Å². The van der Waals surface area contributed by atoms with Gasteiger partial charge in [-0.2, -0.15) is 0 Å². The third-order valence-electron chi connectivity index (χ3n) is 3.03. The summed E-state index contributed by atoms with van der Waals surface area (Å²) >= 11 is 0. The van der Waals surface area contributed by atoms with Gasteiger partial charge in [-0.1, -0.05) is 19.8 Å². The van der Waals surface area contributed by atoms with Gasteiger partial charge in [-0.3, -0.25) is 0 Å². The van der Waals surface area contributed by atoms with Crippen molar-refractivity contribution >= 4 is 6.98 Å². The van der Waals surface area contributed by atoms with Crippen LogP contribution in [0.5, 0.6) is 0 Å². The molecule has 0 aromatic heterocycles. The molecule has 0 spiro atoms. The normalized spacial score (nSPS) is 27.6. The number of halogens is 3. The summed E-state index contributed by atoms with van der Waals surface area (Å²) in [7, 11) is 1.60. The molecule has 0 saturated heterocycles. The molecule has 1 fully saturated rings. The summed E-state index contributed by atoms with van der Waals surface area (Å²) in [6, 6.07) is 0.141. The Labute approximate surface area is 133 Å². The molecule has 6 heteroatoms. The van der Waals surface area contributed by atoms with E-state index in [0.29, 0.717) is 5.92 Å². The summed E-state index contributed by atoms with van der Waals surface area (Å²) in [6.07, 6.45) is 3.37. The molecule has 2 unspecified atom stereocenters. The Morgan fingerprint density at radius 2 is 1.87 bits per heavy atom. The molecule has 84 valence electrons. The molecule has 0 bridgehead atoms. The summed E-state index contributed by atoms with van der Waals surface area (Å²) < 4.78 is 36.5. The second-order valence-electron chi connectivity index (χ2n) is 4.58. The van der Waals surface area contributed by atoms with Crippen LogP contribution in [0.3, 0.4) is 0 Å². The number of hydrogen-bond acceptors (Lipinski definition) is 1. The van der Waals surface area contributed by atoms with Crippen LogP contribution in [0, 0.1) is 5.92 Å². The van der Waals surface area contributed by atoms with E-state index >= 15 is 0 Å². The number of nitrogens with zero attached hydrogens (tertiary/aromatic N) is 1. The van der Waals surface area contributed by atoms with E-state index in [4.69, 9.17) is 0 Å². The first-order valence-electron chi connectivity index (χ1n) is 5.29. The first kappa shape index (κ1) is 16.5. The maximum atomic E-state index is 12.2. The van der Waals surface area contributed by atoms with Gasteiger partial charge in [0.1, 0.15) is 0 Å². The molecule has 2 atom stereocenters. The zero-order valence-corrected chi connectivity index (χ0v) is 13.0. The molecular formula is C9H18BF3KN. The molecular weight excluding hydrogens is 229 g/mol. The van der Waals surface area contributed by atoms with E-state index < -0.39 is 13.4 Å². The average molecular weight is 247 g/mol. The van der Waals surface area contributed by atoms with Gasteiger partial charge in [0.25, 0.3) is 0 Å². The predicted molar refractivity (Wildman–Crippen MR) is 53.1 cm³/mol. The Morgan fingerprint density at radius 1 is 1.27 bits per heavy atom. The molecule has 0 heterocycles. The third kappa shape index (κ3) is 6.68. The van der Waals surface area contributed by atoms with Crippen LogP contribution in [0.1, 0.15) is 32.6 Å². The fraction of sp³-hybridized carbons (Fsp3) is 1.00. The predicted octanol–water partition coefficient (Wildman–Crippen LogP) is -0.112. The molecule has 1 nitrogen and oxygen atoms in total. The quantitative estimate of drug-likeness (QED) is 0.629. The molecule has 0 N–H and O–H groups in total. The van der Waals surface area contributed by atoms with E-state index in [1.54, 1.807) is 7.05 Å². The van der Waals surface area contributed by atoms with E-state index in [1.165, 1.54) is 11.3 Å². The van der Waals surface area contributed by atoms with E-state index in [0.717, 1.165) is 19.3 Å². The van der Waals surface area contributed by atoms with Gasteiger partial charge < -0.3 is 17.8 Å². The largest absolute Gasteiger partial charge is 1.00 e. The molecule has 1 saturated carbocycles. The van der Waals surface area contributed by atoms with E-state index in [-0.39, 0.29) is 57.4 Å². The standard InChI is InChI=1S/C9H18BF3N.K/c1-8-4-3-5-9(6-8)14(2)7-10(11,12)13;/h8-9H,3-7H2,1-2H3;/q-1;+1. The molecule has 0 radical (unpaired) electrons. The van der Waals surface area contributed by atoms with Crippen molar-refractivity contribution < 1.29 is 64.3 Å². The Hall–Kier alpha value is 1.45. The minimum Gasteiger partial charge on any atom is -0.448 e. The minimum absolute atomic E-state index is 0. The van der Waals surface area contributed by atoms with Crippen LogP contribution in [0.4, 0.5) is 12.9 Å². The zero-order valence-electron chi connectivity index (χ0n) is 9.85. The van der Waals surface area contributed by atoms with E-state index in [1.807, 2.05) is 0 Å². The van der Waals surface area contributed by atoms with Gasteiger partial charge in [0.05, 0.1) is 0 Å². The van der Waals surface area contributed by atoms with Crippen LogP contribution in [0.25, 0.3) is 0 Å². The maximum Gasteiger partial charge on any atom is 1.00 e. The molecule has 0 aromatic carbocycles. The number of rotatable bonds is 3. The molecule has 0 aliphatic heterocycles. The molecule has 0 aromatic rings. The Morgan fingerprint density at radius 3 is 2.33 bits per heavy atom. The first-order chi connectivity index (χ1) is 6.38. The Kier molecular flexibility index (Phi) is 7.69. The van der Waals surface area contributed by atoms with Gasteiger partial charge in [0, 0.05) is 6.04 Å². The monoisotopic (exact) mass is 247 g/mol. The van der Waals surface area contributed by atoms with Crippen molar-refractivity contribution in [1.82, 2.24) is 4.90 Å². The van der Waals surface area contributed by atoms with Crippen LogP contribution in [0.15, 0.2) is 0 Å². The van der Waals surface area contributed by atoms with Crippen LogP contribution in [0.2, 0.25) is 0 Å². The molecule has 1 aliphatic rings. The van der Waals surface area contributed by atoms with E-state index in [9.17, 15) is 12.9 Å². The summed E-state index contributed by atoms with van der Waals surface area (Å²) in [4.78, 5) is 1.48. The molecule has 0 amide bonds. The molecule has 1 aliphatic carbocycles. The SMILES string of the molecule is CC1CCCC(N(C)C[B-](F)(F)F)C1.[K+]. The van der Waals surface area contributed by atoms with Crippen molar-refractivity contribution in [2.75, 3.05) is 13.5 Å². The maximum absolute atomic E-state index is 12.2. The second kappa shape index (κ2) is 7.01. The zero-order chi connectivity index (χ0) is 10.8. The molecule has 15 heavy (non-hydrogen) atoms. The van der Waals surface area contributed by atoms with Crippen LogP contribution in [-0.4, -0.2) is 31.4 Å². The van der Waals surface area contributed by atoms with Gasteiger partial charge in [-0.15, -0.1) is 0 Å². The van der Waals surface area contributed by atoms with Gasteiger partial charge in [-0.25, -0.2) is 0 Å². The van der Waals surface area contributed by atoms with Crippen molar-refractivity contribution in [2.24, 2.45) is 5.92 Å². The first-order valence-corrected chi connectivity index (χ1v) is 5.29. The summed E-state index contributed by atoms with van der Waals surface area (Å²) in [6.45, 7) is -2.54.